The first-order valence-corrected chi connectivity index (χ1v) is 14.9. The lowest BCUT2D eigenvalue weighted by Gasteiger charge is -2.34. The molecular formula is C30H44N6O4. The second-order valence-corrected chi connectivity index (χ2v) is 12.3. The summed E-state index contributed by atoms with van der Waals surface area (Å²) in [6.45, 7) is 9.21. The molecule has 10 heteroatoms. The van der Waals surface area contributed by atoms with Crippen LogP contribution in [0.15, 0.2) is 24.3 Å². The second-order valence-electron chi connectivity index (χ2n) is 12.3. The lowest BCUT2D eigenvalue weighted by molar-refractivity contribution is -0.138. The van der Waals surface area contributed by atoms with Crippen molar-refractivity contribution >= 4 is 29.2 Å². The number of piperidine rings is 1. The first-order chi connectivity index (χ1) is 19.2. The summed E-state index contributed by atoms with van der Waals surface area (Å²) in [5, 5.41) is 6.26. The lowest BCUT2D eigenvalue weighted by Crippen LogP contribution is -2.53. The number of fused-ring (bicyclic) bond motifs is 1. The number of nitrogens with zero attached hydrogens (tertiary/aromatic N) is 4. The zero-order valence-corrected chi connectivity index (χ0v) is 24.1. The molecule has 0 bridgehead atoms. The summed E-state index contributed by atoms with van der Waals surface area (Å²) < 4.78 is 0. The molecule has 4 heterocycles. The fourth-order valence-corrected chi connectivity index (χ4v) is 6.64. The maximum Gasteiger partial charge on any atom is 0.251 e. The van der Waals surface area contributed by atoms with Gasteiger partial charge in [-0.2, -0.15) is 0 Å². The summed E-state index contributed by atoms with van der Waals surface area (Å²) in [5.74, 6) is -0.474. The molecule has 0 saturated carbocycles. The minimum atomic E-state index is -0.735. The first-order valence-electron chi connectivity index (χ1n) is 14.9. The van der Waals surface area contributed by atoms with Crippen molar-refractivity contribution in [2.75, 3.05) is 57.8 Å². The van der Waals surface area contributed by atoms with Crippen LogP contribution in [-0.4, -0.2) is 115 Å². The average molecular weight is 553 g/mol. The van der Waals surface area contributed by atoms with Gasteiger partial charge in [-0.25, -0.2) is 0 Å². The summed E-state index contributed by atoms with van der Waals surface area (Å²) in [6, 6.07) is 5.66. The predicted molar refractivity (Wildman–Crippen MR) is 153 cm³/mol. The van der Waals surface area contributed by atoms with Crippen molar-refractivity contribution in [2.45, 2.75) is 70.1 Å². The molecule has 4 saturated heterocycles. The minimum absolute atomic E-state index is 0.0260. The molecule has 40 heavy (non-hydrogen) atoms. The van der Waals surface area contributed by atoms with E-state index in [2.05, 4.69) is 27.5 Å². The van der Waals surface area contributed by atoms with Crippen molar-refractivity contribution in [1.29, 1.82) is 0 Å². The number of carbonyl (C=O) groups excluding carboxylic acids is 4. The molecule has 218 valence electrons. The lowest BCUT2D eigenvalue weighted by atomic mass is 10.0. The number of piperazine rings is 1. The summed E-state index contributed by atoms with van der Waals surface area (Å²) in [5.41, 5.74) is 1.59. The van der Waals surface area contributed by atoms with Crippen LogP contribution >= 0.6 is 0 Å². The SMILES string of the molecule is CC(C)CC(NC(=O)c1ccc(N2CCN(C)CC2)cc1)C(=O)N1CCC2C1C(=O)CN2C(=O)C1CCCCN1. The largest absolute Gasteiger partial charge is 0.369 e. The van der Waals surface area contributed by atoms with Gasteiger partial charge < -0.3 is 30.2 Å². The van der Waals surface area contributed by atoms with E-state index < -0.39 is 12.1 Å². The highest BCUT2D eigenvalue weighted by molar-refractivity contribution is 6.01. The number of amides is 3. The Kier molecular flexibility index (Phi) is 8.75. The molecule has 4 atom stereocenters. The van der Waals surface area contributed by atoms with Crippen molar-refractivity contribution in [3.8, 4) is 0 Å². The summed E-state index contributed by atoms with van der Waals surface area (Å²) >= 11 is 0. The van der Waals surface area contributed by atoms with Crippen LogP contribution in [0.25, 0.3) is 0 Å². The quantitative estimate of drug-likeness (QED) is 0.522. The number of benzene rings is 1. The molecule has 0 aliphatic carbocycles. The molecule has 5 rings (SSSR count). The summed E-state index contributed by atoms with van der Waals surface area (Å²) in [7, 11) is 2.12. The average Bonchev–Trinajstić information content (AvgIpc) is 3.54. The fourth-order valence-electron chi connectivity index (χ4n) is 6.64. The van der Waals surface area contributed by atoms with Crippen LogP contribution < -0.4 is 15.5 Å². The highest BCUT2D eigenvalue weighted by Crippen LogP contribution is 2.32. The van der Waals surface area contributed by atoms with Crippen molar-refractivity contribution in [3.05, 3.63) is 29.8 Å². The van der Waals surface area contributed by atoms with Gasteiger partial charge >= 0.3 is 0 Å². The van der Waals surface area contributed by atoms with E-state index in [1.807, 2.05) is 38.1 Å². The Labute approximate surface area is 237 Å². The van der Waals surface area contributed by atoms with Gasteiger partial charge in [0.2, 0.25) is 11.8 Å². The van der Waals surface area contributed by atoms with Crippen molar-refractivity contribution in [2.24, 2.45) is 5.92 Å². The van der Waals surface area contributed by atoms with Crippen LogP contribution in [0.1, 0.15) is 56.3 Å². The molecule has 0 spiro atoms. The maximum absolute atomic E-state index is 13.8. The third-order valence-corrected chi connectivity index (χ3v) is 8.91. The van der Waals surface area contributed by atoms with Gasteiger partial charge in [0.15, 0.2) is 5.78 Å². The normalized spacial score (nSPS) is 26.2. The molecule has 4 fully saturated rings. The Balaban J connectivity index is 1.25. The molecule has 3 amide bonds. The van der Waals surface area contributed by atoms with E-state index in [1.54, 1.807) is 9.80 Å². The van der Waals surface area contributed by atoms with Gasteiger partial charge in [-0.1, -0.05) is 20.3 Å². The number of likely N-dealkylation sites (tertiary alicyclic amines) is 2. The number of hydrogen-bond donors (Lipinski definition) is 2. The molecular weight excluding hydrogens is 508 g/mol. The van der Waals surface area contributed by atoms with Crippen molar-refractivity contribution < 1.29 is 19.2 Å². The van der Waals surface area contributed by atoms with E-state index in [4.69, 9.17) is 0 Å². The number of likely N-dealkylation sites (N-methyl/N-ethyl adjacent to an activating group) is 1. The van der Waals surface area contributed by atoms with Crippen molar-refractivity contribution in [3.63, 3.8) is 0 Å². The smallest absolute Gasteiger partial charge is 0.251 e. The Hall–Kier alpha value is -2.98. The van der Waals surface area contributed by atoms with Gasteiger partial charge in [0.05, 0.1) is 18.6 Å². The van der Waals surface area contributed by atoms with Crippen LogP contribution in [-0.2, 0) is 14.4 Å². The molecule has 1 aromatic carbocycles. The zero-order chi connectivity index (χ0) is 28.4. The molecule has 4 aliphatic rings. The van der Waals surface area contributed by atoms with E-state index in [9.17, 15) is 19.2 Å². The van der Waals surface area contributed by atoms with Gasteiger partial charge in [0.1, 0.15) is 12.1 Å². The van der Waals surface area contributed by atoms with Crippen molar-refractivity contribution in [1.82, 2.24) is 25.3 Å². The molecule has 1 aromatic rings. The minimum Gasteiger partial charge on any atom is -0.369 e. The highest BCUT2D eigenvalue weighted by atomic mass is 16.2. The topological polar surface area (TPSA) is 105 Å². The Morgan fingerprint density at radius 2 is 1.70 bits per heavy atom. The Morgan fingerprint density at radius 3 is 2.35 bits per heavy atom. The number of carbonyl (C=O) groups is 4. The fraction of sp³-hybridized carbons (Fsp3) is 0.667. The van der Waals surface area contributed by atoms with E-state index in [0.29, 0.717) is 24.9 Å². The van der Waals surface area contributed by atoms with Crippen LogP contribution in [0.2, 0.25) is 0 Å². The Morgan fingerprint density at radius 1 is 0.975 bits per heavy atom. The number of Topliss-reactive ketones (excluding diaryl/α,β-unsaturated/α-hetero) is 1. The van der Waals surface area contributed by atoms with E-state index in [-0.39, 0.29) is 48.1 Å². The molecule has 4 unspecified atom stereocenters. The monoisotopic (exact) mass is 552 g/mol. The van der Waals surface area contributed by atoms with Gasteiger partial charge in [0, 0.05) is 44.0 Å². The Bertz CT molecular complexity index is 1090. The number of ketones is 1. The molecule has 0 aromatic heterocycles. The van der Waals surface area contributed by atoms with Gasteiger partial charge in [-0.15, -0.1) is 0 Å². The standard InChI is InChI=1S/C30H44N6O4/c1-20(2)18-24(32-28(38)21-7-9-22(10-8-21)34-16-14-33(3)15-17-34)30(40)35-13-11-25-27(35)26(37)19-36(25)29(39)23-6-4-5-12-31-23/h7-10,20,23-25,27,31H,4-6,11-19H2,1-3H3,(H,32,38). The highest BCUT2D eigenvalue weighted by Gasteiger charge is 2.53. The third kappa shape index (κ3) is 6.02. The van der Waals surface area contributed by atoms with E-state index in [0.717, 1.165) is 57.7 Å². The number of nitrogens with one attached hydrogen (secondary N) is 2. The molecule has 4 aliphatic heterocycles. The number of rotatable bonds is 7. The van der Waals surface area contributed by atoms with E-state index in [1.165, 1.54) is 0 Å². The summed E-state index contributed by atoms with van der Waals surface area (Å²) in [6.07, 6.45) is 3.89. The van der Waals surface area contributed by atoms with Gasteiger partial charge in [-0.05, 0) is 69.5 Å². The van der Waals surface area contributed by atoms with E-state index >= 15 is 0 Å². The van der Waals surface area contributed by atoms with Crippen LogP contribution in [0.3, 0.4) is 0 Å². The molecule has 10 nitrogen and oxygen atoms in total. The third-order valence-electron chi connectivity index (χ3n) is 8.91. The summed E-state index contributed by atoms with van der Waals surface area (Å²) in [4.78, 5) is 61.4. The molecule has 2 N–H and O–H groups in total. The maximum atomic E-state index is 13.8. The predicted octanol–water partition coefficient (Wildman–Crippen LogP) is 1.11. The number of hydrogen-bond acceptors (Lipinski definition) is 7. The van der Waals surface area contributed by atoms with Crippen LogP contribution in [0.4, 0.5) is 5.69 Å². The number of anilines is 1. The second kappa shape index (κ2) is 12.3. The zero-order valence-electron chi connectivity index (χ0n) is 24.1. The van der Waals surface area contributed by atoms with Gasteiger partial charge in [0.25, 0.3) is 5.91 Å². The molecule has 0 radical (unpaired) electrons. The first kappa shape index (κ1) is 28.5. The van der Waals surface area contributed by atoms with Crippen LogP contribution in [0, 0.1) is 5.92 Å². The van der Waals surface area contributed by atoms with Gasteiger partial charge in [-0.3, -0.25) is 19.2 Å². The van der Waals surface area contributed by atoms with Crippen LogP contribution in [0.5, 0.6) is 0 Å².